The quantitative estimate of drug-likeness (QED) is 0.199. The molecule has 0 saturated carbocycles. The Bertz CT molecular complexity index is 2020. The van der Waals surface area contributed by atoms with Crippen molar-refractivity contribution < 1.29 is 34.8 Å². The summed E-state index contributed by atoms with van der Waals surface area (Å²) < 4.78 is 104. The van der Waals surface area contributed by atoms with Gasteiger partial charge in [-0.2, -0.15) is 35.9 Å². The van der Waals surface area contributed by atoms with Crippen molar-refractivity contribution in [2.45, 2.75) is 70.6 Å². The monoisotopic (exact) mass is 756 g/mol. The van der Waals surface area contributed by atoms with Crippen LogP contribution in [0.1, 0.15) is 41.5 Å². The van der Waals surface area contributed by atoms with Crippen LogP contribution in [-0.2, 0) is 29.5 Å². The first-order valence-corrected chi connectivity index (χ1v) is 19.0. The molecule has 5 heterocycles. The molecule has 1 N–H and O–H groups in total. The van der Waals surface area contributed by atoms with Gasteiger partial charge in [0.15, 0.2) is 5.75 Å². The van der Waals surface area contributed by atoms with Crippen molar-refractivity contribution in [3.8, 4) is 6.07 Å². The topological polar surface area (TPSA) is 110 Å². The summed E-state index contributed by atoms with van der Waals surface area (Å²) in [6, 6.07) is 9.78. The van der Waals surface area contributed by atoms with Crippen LogP contribution in [0.2, 0.25) is 0 Å². The first-order valence-electron chi connectivity index (χ1n) is 16.6. The minimum absolute atomic E-state index is 0.0264. The van der Waals surface area contributed by atoms with Gasteiger partial charge in [-0.05, 0) is 56.0 Å². The summed E-state index contributed by atoms with van der Waals surface area (Å²) in [6.07, 6.45) is -7.07. The minimum Gasteiger partial charge on any atom is -0.367 e. The van der Waals surface area contributed by atoms with Crippen molar-refractivity contribution in [3.05, 3.63) is 52.3 Å². The fraction of sp³-hybridized carbons (Fsp3) is 0.545. The number of aryl methyl sites for hydroxylation is 1. The summed E-state index contributed by atoms with van der Waals surface area (Å²) in [4.78, 5) is 13.6. The number of nitrogens with zero attached hydrogens (tertiary/aromatic N) is 7. The van der Waals surface area contributed by atoms with E-state index < -0.39 is 34.5 Å². The molecule has 0 radical (unpaired) electrons. The highest BCUT2D eigenvalue weighted by atomic mass is 32.2. The number of sulfonamides is 1. The summed E-state index contributed by atoms with van der Waals surface area (Å²) in [5, 5.41) is 15.0. The molecule has 2 fully saturated rings. The van der Waals surface area contributed by atoms with Gasteiger partial charge in [-0.1, -0.05) is 6.07 Å². The molecular weight excluding hydrogens is 719 g/mol. The van der Waals surface area contributed by atoms with Crippen molar-refractivity contribution in [2.75, 3.05) is 50.3 Å². The average Bonchev–Trinajstić information content (AvgIpc) is 3.62. The second-order valence-corrected chi connectivity index (χ2v) is 16.4. The molecule has 2 saturated heterocycles. The molecule has 0 spiro atoms. The van der Waals surface area contributed by atoms with Gasteiger partial charge in [-0.3, -0.25) is 9.80 Å². The standard InChI is InChI=1S/C33H38F6N8O2S2/c1-21(45-9-11-46(12-10-45)51(48,49)19-33(37,38)39)17-47-25(16-40)13-27-22(2)23(3-4-29(27)47)18-44-7-5-24(6-8-44)43-30-28-14-26(15-32(34,35)36)50-31(28)42-20-41-30/h3-4,13-14,20-21,24H,5-12,15,17-19H2,1-2H3,(H,41,42,43)/t21-/m0/s1. The van der Waals surface area contributed by atoms with Gasteiger partial charge < -0.3 is 9.88 Å². The van der Waals surface area contributed by atoms with Crippen LogP contribution in [0.5, 0.6) is 0 Å². The van der Waals surface area contributed by atoms with Gasteiger partial charge in [-0.15, -0.1) is 11.3 Å². The maximum absolute atomic E-state index is 12.9. The second-order valence-electron chi connectivity index (χ2n) is 13.3. The van der Waals surface area contributed by atoms with Crippen LogP contribution in [0.3, 0.4) is 0 Å². The van der Waals surface area contributed by atoms with Crippen molar-refractivity contribution in [1.82, 2.24) is 28.6 Å². The third-order valence-electron chi connectivity index (χ3n) is 9.74. The third kappa shape index (κ3) is 8.76. The van der Waals surface area contributed by atoms with Crippen LogP contribution in [-0.4, -0.2) is 107 Å². The van der Waals surface area contributed by atoms with Crippen LogP contribution in [0, 0.1) is 18.3 Å². The number of piperidine rings is 1. The van der Waals surface area contributed by atoms with Crippen LogP contribution in [0.25, 0.3) is 21.1 Å². The molecule has 6 rings (SSSR count). The Morgan fingerprint density at radius 1 is 1.00 bits per heavy atom. The number of nitriles is 1. The first kappa shape index (κ1) is 37.3. The van der Waals surface area contributed by atoms with Crippen LogP contribution < -0.4 is 5.32 Å². The van der Waals surface area contributed by atoms with E-state index in [9.17, 15) is 40.0 Å². The maximum atomic E-state index is 12.9. The fourth-order valence-electron chi connectivity index (χ4n) is 7.06. The molecule has 0 aliphatic carbocycles. The molecule has 18 heteroatoms. The number of hydrogen-bond acceptors (Lipinski definition) is 9. The molecule has 276 valence electrons. The molecular formula is C33H38F6N8O2S2. The van der Waals surface area contributed by atoms with Crippen molar-refractivity contribution in [1.29, 1.82) is 5.26 Å². The molecule has 1 aromatic carbocycles. The lowest BCUT2D eigenvalue weighted by Gasteiger charge is -2.37. The molecule has 1 atom stereocenters. The Labute approximate surface area is 295 Å². The molecule has 4 aromatic rings. The summed E-state index contributed by atoms with van der Waals surface area (Å²) >= 11 is 1.03. The lowest BCUT2D eigenvalue weighted by atomic mass is 10.0. The van der Waals surface area contributed by atoms with E-state index in [1.807, 2.05) is 35.4 Å². The largest absolute Gasteiger partial charge is 0.404 e. The maximum Gasteiger partial charge on any atom is 0.404 e. The van der Waals surface area contributed by atoms with Crippen LogP contribution >= 0.6 is 11.3 Å². The highest BCUT2D eigenvalue weighted by Crippen LogP contribution is 2.34. The molecule has 2 aliphatic heterocycles. The van der Waals surface area contributed by atoms with E-state index in [1.54, 1.807) is 0 Å². The number of anilines is 1. The third-order valence-corrected chi connectivity index (χ3v) is 12.6. The Kier molecular flexibility index (Phi) is 10.6. The Morgan fingerprint density at radius 3 is 2.35 bits per heavy atom. The molecule has 0 amide bonds. The molecule has 10 nitrogen and oxygen atoms in total. The Hall–Kier alpha value is -3.50. The number of fused-ring (bicyclic) bond motifs is 2. The predicted molar refractivity (Wildman–Crippen MR) is 183 cm³/mol. The van der Waals surface area contributed by atoms with Crippen molar-refractivity contribution >= 4 is 48.3 Å². The van der Waals surface area contributed by atoms with Crippen molar-refractivity contribution in [3.63, 3.8) is 0 Å². The Balaban J connectivity index is 1.06. The molecule has 51 heavy (non-hydrogen) atoms. The van der Waals surface area contributed by atoms with Gasteiger partial charge in [0.05, 0.1) is 11.8 Å². The lowest BCUT2D eigenvalue weighted by molar-refractivity contribution is -0.126. The second kappa shape index (κ2) is 14.5. The number of halogens is 6. The number of piperazine rings is 1. The minimum atomic E-state index is -4.80. The van der Waals surface area contributed by atoms with E-state index in [2.05, 4.69) is 32.3 Å². The van der Waals surface area contributed by atoms with Crippen LogP contribution in [0.4, 0.5) is 32.2 Å². The first-order chi connectivity index (χ1) is 24.0. The normalized spacial score (nSPS) is 18.4. The zero-order chi connectivity index (χ0) is 36.7. The number of thiophene rings is 1. The number of alkyl halides is 6. The number of hydrogen-bond donors (Lipinski definition) is 1. The van der Waals surface area contributed by atoms with Crippen LogP contribution in [0.15, 0.2) is 30.6 Å². The van der Waals surface area contributed by atoms with E-state index in [0.717, 1.165) is 63.6 Å². The number of likely N-dealkylation sites (tertiary alicyclic amines) is 1. The molecule has 3 aromatic heterocycles. The Morgan fingerprint density at radius 2 is 1.71 bits per heavy atom. The van der Waals surface area contributed by atoms with E-state index >= 15 is 0 Å². The highest BCUT2D eigenvalue weighted by Gasteiger charge is 2.39. The smallest absolute Gasteiger partial charge is 0.367 e. The summed E-state index contributed by atoms with van der Waals surface area (Å²) in [5.41, 5.74) is 3.59. The molecule has 0 unspecified atom stereocenters. The zero-order valence-corrected chi connectivity index (χ0v) is 29.7. The SMILES string of the molecule is Cc1c(CN2CCC(Nc3ncnc4sc(CC(F)(F)F)cc34)CC2)ccc2c1cc(C#N)n2C[C@H](C)N1CCN(S(=O)(=O)CC(F)(F)F)CC1. The van der Waals surface area contributed by atoms with E-state index in [1.165, 1.54) is 12.4 Å². The number of nitrogens with one attached hydrogen (secondary N) is 1. The van der Waals surface area contributed by atoms with E-state index in [4.69, 9.17) is 0 Å². The van der Waals surface area contributed by atoms with Gasteiger partial charge in [0.2, 0.25) is 10.0 Å². The average molecular weight is 757 g/mol. The van der Waals surface area contributed by atoms with Gasteiger partial charge >= 0.3 is 12.4 Å². The molecule has 2 aliphatic rings. The summed E-state index contributed by atoms with van der Waals surface area (Å²) in [7, 11) is -4.43. The number of rotatable bonds is 10. The zero-order valence-electron chi connectivity index (χ0n) is 28.1. The fourth-order valence-corrected chi connectivity index (χ4v) is 9.40. The van der Waals surface area contributed by atoms with Gasteiger partial charge in [0, 0.05) is 80.2 Å². The summed E-state index contributed by atoms with van der Waals surface area (Å²) in [5.74, 6) is -1.32. The van der Waals surface area contributed by atoms with Crippen molar-refractivity contribution in [2.24, 2.45) is 0 Å². The lowest BCUT2D eigenvalue weighted by Crippen LogP contribution is -2.53. The highest BCUT2D eigenvalue weighted by molar-refractivity contribution is 7.89. The van der Waals surface area contributed by atoms with Gasteiger partial charge in [0.25, 0.3) is 0 Å². The number of aromatic nitrogens is 3. The van der Waals surface area contributed by atoms with E-state index in [0.29, 0.717) is 34.8 Å². The number of benzene rings is 1. The van der Waals surface area contributed by atoms with Gasteiger partial charge in [0.1, 0.15) is 28.7 Å². The summed E-state index contributed by atoms with van der Waals surface area (Å²) in [6.45, 7) is 7.29. The molecule has 0 bridgehead atoms. The van der Waals surface area contributed by atoms with Gasteiger partial charge in [-0.25, -0.2) is 18.4 Å². The van der Waals surface area contributed by atoms with E-state index in [-0.39, 0.29) is 43.1 Å². The predicted octanol–water partition coefficient (Wildman–Crippen LogP) is 5.91.